The van der Waals surface area contributed by atoms with E-state index in [2.05, 4.69) is 13.8 Å². The molecule has 0 atom stereocenters. The van der Waals surface area contributed by atoms with Gasteiger partial charge in [0.05, 0.1) is 0 Å². The second-order valence-electron chi connectivity index (χ2n) is 12.2. The Kier molecular flexibility index (Phi) is 31.6. The van der Waals surface area contributed by atoms with Crippen LogP contribution in [0, 0.1) is 0 Å². The van der Waals surface area contributed by atoms with Crippen LogP contribution in [0.4, 0.5) is 0 Å². The van der Waals surface area contributed by atoms with E-state index in [0.29, 0.717) is 19.3 Å². The minimum absolute atomic E-state index is 0.227. The summed E-state index contributed by atoms with van der Waals surface area (Å²) in [6, 6.07) is 0. The number of hydrogen-bond acceptors (Lipinski definition) is 4. The number of carbonyl (C=O) groups is 2. The number of hydrogen-bond donors (Lipinski definition) is 0. The summed E-state index contributed by atoms with van der Waals surface area (Å²) in [6.07, 6.45) is 35.0. The summed E-state index contributed by atoms with van der Waals surface area (Å²) < 4.78 is 11.0. The molecular formula is C36H70O4. The fourth-order valence-electron chi connectivity index (χ4n) is 5.36. The van der Waals surface area contributed by atoms with Crippen LogP contribution in [-0.2, 0) is 19.1 Å². The third-order valence-electron chi connectivity index (χ3n) is 8.02. The molecule has 0 aliphatic heterocycles. The summed E-state index contributed by atoms with van der Waals surface area (Å²) in [5.41, 5.74) is 0. The number of carbonyl (C=O) groups excluding carboxylic acids is 2. The Bertz CT molecular complexity index is 489. The van der Waals surface area contributed by atoms with Crippen LogP contribution in [0.15, 0.2) is 0 Å². The summed E-state index contributed by atoms with van der Waals surface area (Å²) in [5.74, 6) is -0.453. The maximum absolute atomic E-state index is 12.3. The third-order valence-corrected chi connectivity index (χ3v) is 8.02. The standard InChI is InChI=1S/C36H70O4/c1-4-7-9-11-13-15-17-19-21-23-25-27-29-32-34(37)39-36(31-6-3)40-35(38)33-30-28-26-24-22-20-18-16-14-12-10-8-5-2/h36H,4-33H2,1-3H3. The number of ether oxygens (including phenoxy) is 2. The third kappa shape index (κ3) is 29.9. The van der Waals surface area contributed by atoms with Gasteiger partial charge in [0.25, 0.3) is 0 Å². The van der Waals surface area contributed by atoms with Crippen molar-refractivity contribution in [2.24, 2.45) is 0 Å². The van der Waals surface area contributed by atoms with E-state index in [0.717, 1.165) is 32.1 Å². The van der Waals surface area contributed by atoms with E-state index < -0.39 is 6.29 Å². The highest BCUT2D eigenvalue weighted by molar-refractivity contribution is 5.71. The van der Waals surface area contributed by atoms with Crippen LogP contribution in [0.1, 0.15) is 213 Å². The molecule has 0 amide bonds. The average Bonchev–Trinajstić information content (AvgIpc) is 2.94. The minimum Gasteiger partial charge on any atom is -0.425 e. The largest absolute Gasteiger partial charge is 0.425 e. The first-order valence-corrected chi connectivity index (χ1v) is 18.0. The average molecular weight is 567 g/mol. The van der Waals surface area contributed by atoms with Crippen LogP contribution < -0.4 is 0 Å². The molecule has 0 heterocycles. The maximum atomic E-state index is 12.3. The minimum atomic E-state index is -0.714. The Morgan fingerprint density at radius 2 is 0.625 bits per heavy atom. The van der Waals surface area contributed by atoms with Crippen LogP contribution in [0.2, 0.25) is 0 Å². The summed E-state index contributed by atoms with van der Waals surface area (Å²) in [4.78, 5) is 24.6. The molecule has 0 aliphatic carbocycles. The molecule has 0 spiro atoms. The van der Waals surface area contributed by atoms with Gasteiger partial charge in [-0.25, -0.2) is 0 Å². The van der Waals surface area contributed by atoms with Crippen molar-refractivity contribution in [1.82, 2.24) is 0 Å². The fraction of sp³-hybridized carbons (Fsp3) is 0.944. The zero-order chi connectivity index (χ0) is 29.4. The van der Waals surface area contributed by atoms with Crippen molar-refractivity contribution in [2.75, 3.05) is 0 Å². The first-order chi connectivity index (χ1) is 19.6. The summed E-state index contributed by atoms with van der Waals surface area (Å²) in [5, 5.41) is 0. The zero-order valence-electron chi connectivity index (χ0n) is 27.4. The van der Waals surface area contributed by atoms with Gasteiger partial charge in [0.2, 0.25) is 6.29 Å². The lowest BCUT2D eigenvalue weighted by atomic mass is 10.0. The van der Waals surface area contributed by atoms with Crippen LogP contribution >= 0.6 is 0 Å². The van der Waals surface area contributed by atoms with Crippen LogP contribution in [0.25, 0.3) is 0 Å². The molecular weight excluding hydrogens is 496 g/mol. The van der Waals surface area contributed by atoms with E-state index in [-0.39, 0.29) is 11.9 Å². The van der Waals surface area contributed by atoms with Crippen LogP contribution in [0.5, 0.6) is 0 Å². The van der Waals surface area contributed by atoms with Gasteiger partial charge in [0.15, 0.2) is 0 Å². The Hall–Kier alpha value is -1.06. The zero-order valence-corrected chi connectivity index (χ0v) is 27.4. The van der Waals surface area contributed by atoms with Gasteiger partial charge in [0, 0.05) is 19.3 Å². The van der Waals surface area contributed by atoms with Gasteiger partial charge < -0.3 is 9.47 Å². The first kappa shape index (κ1) is 38.9. The van der Waals surface area contributed by atoms with E-state index in [9.17, 15) is 9.59 Å². The molecule has 4 heteroatoms. The van der Waals surface area contributed by atoms with E-state index >= 15 is 0 Å². The topological polar surface area (TPSA) is 52.6 Å². The Labute approximate surface area is 250 Å². The van der Waals surface area contributed by atoms with Crippen molar-refractivity contribution >= 4 is 11.9 Å². The number of unbranched alkanes of at least 4 members (excludes halogenated alkanes) is 24. The van der Waals surface area contributed by atoms with Gasteiger partial charge in [-0.1, -0.05) is 175 Å². The number of esters is 2. The quantitative estimate of drug-likeness (QED) is 0.0461. The molecule has 0 aliphatic rings. The van der Waals surface area contributed by atoms with Crippen LogP contribution in [0.3, 0.4) is 0 Å². The van der Waals surface area contributed by atoms with Crippen molar-refractivity contribution < 1.29 is 19.1 Å². The SMILES string of the molecule is CCCCCCCCCCCCCCCC(=O)OC(CCC)OC(=O)CCCCCCCCCCCCCCC. The predicted octanol–water partition coefficient (Wildman–Crippen LogP) is 12.2. The van der Waals surface area contributed by atoms with Gasteiger partial charge >= 0.3 is 11.9 Å². The molecule has 0 aromatic carbocycles. The highest BCUT2D eigenvalue weighted by Crippen LogP contribution is 2.16. The van der Waals surface area contributed by atoms with Gasteiger partial charge in [-0.15, -0.1) is 0 Å². The number of rotatable bonds is 32. The van der Waals surface area contributed by atoms with E-state index in [4.69, 9.17) is 9.47 Å². The molecule has 0 saturated heterocycles. The molecule has 0 radical (unpaired) electrons. The van der Waals surface area contributed by atoms with E-state index in [1.165, 1.54) is 141 Å². The molecule has 0 aromatic heterocycles. The molecule has 0 aromatic rings. The van der Waals surface area contributed by atoms with Gasteiger partial charge in [0.1, 0.15) is 0 Å². The Balaban J connectivity index is 3.65. The van der Waals surface area contributed by atoms with E-state index in [1.807, 2.05) is 6.92 Å². The van der Waals surface area contributed by atoms with Crippen molar-refractivity contribution in [2.45, 2.75) is 220 Å². The normalized spacial score (nSPS) is 11.3. The lowest BCUT2D eigenvalue weighted by Gasteiger charge is -2.18. The van der Waals surface area contributed by atoms with Crippen molar-refractivity contribution in [3.63, 3.8) is 0 Å². The van der Waals surface area contributed by atoms with Crippen LogP contribution in [-0.4, -0.2) is 18.2 Å². The Morgan fingerprint density at radius 1 is 0.375 bits per heavy atom. The molecule has 4 nitrogen and oxygen atoms in total. The molecule has 0 fully saturated rings. The van der Waals surface area contributed by atoms with Gasteiger partial charge in [-0.2, -0.15) is 0 Å². The predicted molar refractivity (Wildman–Crippen MR) is 172 cm³/mol. The Morgan fingerprint density at radius 3 is 0.875 bits per heavy atom. The molecule has 0 unspecified atom stereocenters. The molecule has 0 saturated carbocycles. The molecule has 238 valence electrons. The summed E-state index contributed by atoms with van der Waals surface area (Å²) in [7, 11) is 0. The summed E-state index contributed by atoms with van der Waals surface area (Å²) in [6.45, 7) is 6.56. The van der Waals surface area contributed by atoms with Crippen molar-refractivity contribution in [1.29, 1.82) is 0 Å². The fourth-order valence-corrected chi connectivity index (χ4v) is 5.36. The molecule has 0 N–H and O–H groups in total. The monoisotopic (exact) mass is 567 g/mol. The first-order valence-electron chi connectivity index (χ1n) is 18.0. The molecule has 0 rings (SSSR count). The summed E-state index contributed by atoms with van der Waals surface area (Å²) >= 11 is 0. The van der Waals surface area contributed by atoms with Crippen molar-refractivity contribution in [3.8, 4) is 0 Å². The highest BCUT2D eigenvalue weighted by Gasteiger charge is 2.18. The van der Waals surface area contributed by atoms with Gasteiger partial charge in [-0.3, -0.25) is 9.59 Å². The second-order valence-corrected chi connectivity index (χ2v) is 12.2. The highest BCUT2D eigenvalue weighted by atomic mass is 16.7. The lowest BCUT2D eigenvalue weighted by Crippen LogP contribution is -2.24. The lowest BCUT2D eigenvalue weighted by molar-refractivity contribution is -0.189. The van der Waals surface area contributed by atoms with E-state index in [1.54, 1.807) is 0 Å². The molecule has 0 bridgehead atoms. The molecule has 40 heavy (non-hydrogen) atoms. The second kappa shape index (κ2) is 32.5. The van der Waals surface area contributed by atoms with Gasteiger partial charge in [-0.05, 0) is 19.3 Å². The smallest absolute Gasteiger partial charge is 0.308 e. The van der Waals surface area contributed by atoms with Crippen molar-refractivity contribution in [3.05, 3.63) is 0 Å². The maximum Gasteiger partial charge on any atom is 0.308 e.